The van der Waals surface area contributed by atoms with E-state index < -0.39 is 0 Å². The fourth-order valence-corrected chi connectivity index (χ4v) is 2.75. The Kier molecular flexibility index (Phi) is 6.83. The van der Waals surface area contributed by atoms with E-state index in [1.807, 2.05) is 29.9 Å². The molecule has 0 fully saturated rings. The first kappa shape index (κ1) is 19.6. The zero-order chi connectivity index (χ0) is 19.1. The first-order valence-electron chi connectivity index (χ1n) is 8.74. The molecule has 0 spiro atoms. The van der Waals surface area contributed by atoms with Gasteiger partial charge in [0.2, 0.25) is 5.91 Å². The van der Waals surface area contributed by atoms with Crippen molar-refractivity contribution in [3.05, 3.63) is 60.8 Å². The highest BCUT2D eigenvalue weighted by atomic mass is 16.3. The van der Waals surface area contributed by atoms with Crippen LogP contribution in [0.3, 0.4) is 0 Å². The van der Waals surface area contributed by atoms with Gasteiger partial charge in [-0.25, -0.2) is 0 Å². The third-order valence-electron chi connectivity index (χ3n) is 4.04. The Bertz CT molecular complexity index is 731. The van der Waals surface area contributed by atoms with Crippen LogP contribution in [0.15, 0.2) is 53.8 Å². The normalized spacial score (nSPS) is 10.8. The first-order chi connectivity index (χ1) is 12.4. The van der Waals surface area contributed by atoms with Crippen LogP contribution < -0.4 is 0 Å². The molecule has 2 aromatic rings. The summed E-state index contributed by atoms with van der Waals surface area (Å²) in [4.78, 5) is 28.7. The fourth-order valence-electron chi connectivity index (χ4n) is 2.75. The summed E-state index contributed by atoms with van der Waals surface area (Å²) >= 11 is 0. The second kappa shape index (κ2) is 9.08. The number of rotatable bonds is 9. The smallest absolute Gasteiger partial charge is 0.290 e. The summed E-state index contributed by atoms with van der Waals surface area (Å²) in [5.74, 6) is 0.138. The van der Waals surface area contributed by atoms with Crippen LogP contribution >= 0.6 is 0 Å². The average molecular weight is 357 g/mol. The summed E-state index contributed by atoms with van der Waals surface area (Å²) in [6.45, 7) is 9.23. The lowest BCUT2D eigenvalue weighted by atomic mass is 10.2. The van der Waals surface area contributed by atoms with Crippen LogP contribution in [0.4, 0.5) is 0 Å². The highest BCUT2D eigenvalue weighted by Gasteiger charge is 2.24. The SMILES string of the molecule is C=CCN(CC(=O)N(Cc1cccn1C)CC(C)C)C(=O)c1ccco1. The van der Waals surface area contributed by atoms with Crippen molar-refractivity contribution < 1.29 is 14.0 Å². The van der Waals surface area contributed by atoms with Crippen molar-refractivity contribution in [1.29, 1.82) is 0 Å². The van der Waals surface area contributed by atoms with E-state index in [4.69, 9.17) is 4.42 Å². The van der Waals surface area contributed by atoms with E-state index >= 15 is 0 Å². The minimum Gasteiger partial charge on any atom is -0.459 e. The number of aryl methyl sites for hydroxylation is 1. The standard InChI is InChI=1S/C20H27N3O3/c1-5-10-22(20(25)18-9-7-12-26-18)15-19(24)23(13-16(2)3)14-17-8-6-11-21(17)4/h5-9,11-12,16H,1,10,13-15H2,2-4H3. The average Bonchev–Trinajstić information content (AvgIpc) is 3.25. The molecule has 0 radical (unpaired) electrons. The van der Waals surface area contributed by atoms with Gasteiger partial charge in [-0.15, -0.1) is 6.58 Å². The molecule has 2 heterocycles. The van der Waals surface area contributed by atoms with E-state index in [9.17, 15) is 9.59 Å². The first-order valence-corrected chi connectivity index (χ1v) is 8.74. The molecule has 140 valence electrons. The second-order valence-corrected chi connectivity index (χ2v) is 6.73. The van der Waals surface area contributed by atoms with Crippen LogP contribution in [-0.2, 0) is 18.4 Å². The number of carbonyl (C=O) groups is 2. The molecule has 2 aromatic heterocycles. The van der Waals surface area contributed by atoms with Gasteiger partial charge in [-0.1, -0.05) is 19.9 Å². The molecule has 0 aromatic carbocycles. The van der Waals surface area contributed by atoms with Crippen LogP contribution in [0.1, 0.15) is 30.1 Å². The Morgan fingerprint density at radius 1 is 1.27 bits per heavy atom. The van der Waals surface area contributed by atoms with Crippen LogP contribution in [0, 0.1) is 5.92 Å². The lowest BCUT2D eigenvalue weighted by Gasteiger charge is -2.28. The molecule has 2 amide bonds. The highest BCUT2D eigenvalue weighted by Crippen LogP contribution is 2.11. The largest absolute Gasteiger partial charge is 0.459 e. The Morgan fingerprint density at radius 3 is 2.58 bits per heavy atom. The zero-order valence-corrected chi connectivity index (χ0v) is 15.7. The summed E-state index contributed by atoms with van der Waals surface area (Å²) < 4.78 is 7.17. The minimum absolute atomic E-state index is 0.0112. The lowest BCUT2D eigenvalue weighted by Crippen LogP contribution is -2.44. The number of aromatic nitrogens is 1. The monoisotopic (exact) mass is 357 g/mol. The number of hydrogen-bond acceptors (Lipinski definition) is 3. The molecule has 26 heavy (non-hydrogen) atoms. The Labute approximate surface area is 154 Å². The fraction of sp³-hybridized carbons (Fsp3) is 0.400. The van der Waals surface area contributed by atoms with Gasteiger partial charge in [0.25, 0.3) is 5.91 Å². The van der Waals surface area contributed by atoms with Gasteiger partial charge >= 0.3 is 0 Å². The van der Waals surface area contributed by atoms with Crippen molar-refractivity contribution in [3.8, 4) is 0 Å². The molecule has 0 saturated heterocycles. The highest BCUT2D eigenvalue weighted by molar-refractivity contribution is 5.94. The van der Waals surface area contributed by atoms with Gasteiger partial charge in [0, 0.05) is 32.0 Å². The summed E-state index contributed by atoms with van der Waals surface area (Å²) in [6, 6.07) is 7.20. The minimum atomic E-state index is -0.313. The van der Waals surface area contributed by atoms with Crippen LogP contribution in [-0.4, -0.2) is 45.8 Å². The van der Waals surface area contributed by atoms with E-state index in [0.29, 0.717) is 19.0 Å². The Morgan fingerprint density at radius 2 is 2.04 bits per heavy atom. The number of nitrogens with zero attached hydrogens (tertiary/aromatic N) is 3. The van der Waals surface area contributed by atoms with Crippen molar-refractivity contribution in [2.75, 3.05) is 19.6 Å². The van der Waals surface area contributed by atoms with Crippen LogP contribution in [0.5, 0.6) is 0 Å². The quantitative estimate of drug-likeness (QED) is 0.648. The molecule has 0 aliphatic rings. The number of hydrogen-bond donors (Lipinski definition) is 0. The van der Waals surface area contributed by atoms with Gasteiger partial charge in [-0.3, -0.25) is 9.59 Å². The molecule has 0 atom stereocenters. The molecule has 0 bridgehead atoms. The van der Waals surface area contributed by atoms with Gasteiger partial charge in [-0.05, 0) is 30.2 Å². The zero-order valence-electron chi connectivity index (χ0n) is 15.7. The predicted octanol–water partition coefficient (Wildman–Crippen LogP) is 2.93. The summed E-state index contributed by atoms with van der Waals surface area (Å²) in [5.41, 5.74) is 1.05. The molecule has 0 aliphatic heterocycles. The molecule has 0 saturated carbocycles. The maximum Gasteiger partial charge on any atom is 0.290 e. The third-order valence-corrected chi connectivity index (χ3v) is 4.04. The predicted molar refractivity (Wildman–Crippen MR) is 100 cm³/mol. The van der Waals surface area contributed by atoms with Crippen molar-refractivity contribution >= 4 is 11.8 Å². The van der Waals surface area contributed by atoms with E-state index in [1.165, 1.54) is 11.2 Å². The Hall–Kier alpha value is -2.76. The van der Waals surface area contributed by atoms with Gasteiger partial charge in [0.1, 0.15) is 6.54 Å². The maximum absolute atomic E-state index is 12.9. The summed E-state index contributed by atoms with van der Waals surface area (Å²) in [7, 11) is 1.96. The second-order valence-electron chi connectivity index (χ2n) is 6.73. The Balaban J connectivity index is 2.13. The van der Waals surface area contributed by atoms with E-state index in [-0.39, 0.29) is 30.7 Å². The lowest BCUT2D eigenvalue weighted by molar-refractivity contribution is -0.133. The van der Waals surface area contributed by atoms with Crippen molar-refractivity contribution in [3.63, 3.8) is 0 Å². The molecule has 2 rings (SSSR count). The van der Waals surface area contributed by atoms with Gasteiger partial charge in [-0.2, -0.15) is 0 Å². The van der Waals surface area contributed by atoms with E-state index in [1.54, 1.807) is 23.1 Å². The van der Waals surface area contributed by atoms with E-state index in [2.05, 4.69) is 20.4 Å². The molecular weight excluding hydrogens is 330 g/mol. The van der Waals surface area contributed by atoms with E-state index in [0.717, 1.165) is 5.69 Å². The summed E-state index contributed by atoms with van der Waals surface area (Å²) in [5, 5.41) is 0. The topological polar surface area (TPSA) is 58.7 Å². The van der Waals surface area contributed by atoms with Gasteiger partial charge in [0.05, 0.1) is 12.8 Å². The van der Waals surface area contributed by atoms with Crippen molar-refractivity contribution in [2.45, 2.75) is 20.4 Å². The molecule has 0 aliphatic carbocycles. The summed E-state index contributed by atoms with van der Waals surface area (Å²) in [6.07, 6.45) is 5.01. The van der Waals surface area contributed by atoms with Crippen LogP contribution in [0.2, 0.25) is 0 Å². The number of furan rings is 1. The van der Waals surface area contributed by atoms with Gasteiger partial charge in [0.15, 0.2) is 5.76 Å². The number of carbonyl (C=O) groups excluding carboxylic acids is 2. The molecule has 6 nitrogen and oxygen atoms in total. The number of amides is 2. The van der Waals surface area contributed by atoms with Crippen molar-refractivity contribution in [1.82, 2.24) is 14.4 Å². The molecular formula is C20H27N3O3. The van der Waals surface area contributed by atoms with Gasteiger partial charge < -0.3 is 18.8 Å². The van der Waals surface area contributed by atoms with Crippen molar-refractivity contribution in [2.24, 2.45) is 13.0 Å². The molecule has 0 N–H and O–H groups in total. The van der Waals surface area contributed by atoms with Crippen LogP contribution in [0.25, 0.3) is 0 Å². The maximum atomic E-state index is 12.9. The molecule has 6 heteroatoms. The molecule has 0 unspecified atom stereocenters. The third kappa shape index (κ3) is 5.12.